The van der Waals surface area contributed by atoms with Crippen LogP contribution < -0.4 is 13.9 Å². The van der Waals surface area contributed by atoms with Crippen LogP contribution in [0, 0.1) is 25.8 Å². The quantitative estimate of drug-likeness (QED) is 0.123. The van der Waals surface area contributed by atoms with Gasteiger partial charge in [0.1, 0.15) is 11.5 Å². The van der Waals surface area contributed by atoms with Gasteiger partial charge < -0.3 is 9.30 Å². The first kappa shape index (κ1) is 28.5. The summed E-state index contributed by atoms with van der Waals surface area (Å²) in [6.45, 7) is 7.31. The summed E-state index contributed by atoms with van der Waals surface area (Å²) in [5.74, 6) is 1.12. The molecule has 0 aliphatic carbocycles. The number of hydrogen-bond acceptors (Lipinski definition) is 2. The fraction of sp³-hybridized carbons (Fsp3) is 0.192. The second-order valence-corrected chi connectivity index (χ2v) is 16.3. The van der Waals surface area contributed by atoms with Crippen LogP contribution in [0.4, 0.5) is 22.7 Å². The smallest absolute Gasteiger partial charge is 0.509 e. The number of aryl methyl sites for hydroxylation is 2. The average molecular weight is 948 g/mol. The Balaban J connectivity index is 0.00000625. The summed E-state index contributed by atoms with van der Waals surface area (Å²) in [7, 11) is 0. The number of fused-ring (bicyclic) bond motifs is 4. The maximum absolute atomic E-state index is 9.04. The van der Waals surface area contributed by atoms with E-state index in [9.17, 15) is 0 Å². The summed E-state index contributed by atoms with van der Waals surface area (Å²) in [5, 5.41) is 0.896. The Morgan fingerprint density at radius 3 is 2.10 bits per heavy atom. The fourth-order valence-corrected chi connectivity index (χ4v) is 7.31. The first-order valence-corrected chi connectivity index (χ1v) is 18.8. The van der Waals surface area contributed by atoms with Crippen LogP contribution in [0.2, 0.25) is 0 Å². The molecule has 0 saturated carbocycles. The molecule has 8 aromatic rings. The summed E-state index contributed by atoms with van der Waals surface area (Å²) in [6.07, 6.45) is 1.70. The fourth-order valence-electron chi connectivity index (χ4n) is 7.31. The van der Waals surface area contributed by atoms with Gasteiger partial charge in [0.05, 0.1) is 11.0 Å². The molecule has 58 heavy (non-hydrogen) atoms. The van der Waals surface area contributed by atoms with Crippen molar-refractivity contribution in [3.63, 3.8) is 0 Å². The molecule has 0 spiro atoms. The maximum atomic E-state index is 9.04. The molecule has 3 heterocycles. The molecule has 6 aromatic carbocycles. The van der Waals surface area contributed by atoms with E-state index < -0.39 is 13.7 Å². The van der Waals surface area contributed by atoms with Gasteiger partial charge >= 0.3 is 27.1 Å². The molecule has 9 rings (SSSR count). The first-order valence-electron chi connectivity index (χ1n) is 23.8. The largest absolute Gasteiger partial charge is 2.00 e. The van der Waals surface area contributed by atoms with Gasteiger partial charge in [0.2, 0.25) is 5.69 Å². The number of benzene rings is 6. The molecule has 2 aromatic heterocycles. The van der Waals surface area contributed by atoms with Crippen LogP contribution in [0.3, 0.4) is 0 Å². The normalized spacial score (nSPS) is 15.6. The van der Waals surface area contributed by atoms with E-state index in [0.29, 0.717) is 56.2 Å². The second-order valence-electron chi connectivity index (χ2n) is 16.3. The maximum Gasteiger partial charge on any atom is 2.00 e. The van der Waals surface area contributed by atoms with Crippen molar-refractivity contribution in [1.29, 1.82) is 0 Å². The minimum Gasteiger partial charge on any atom is -0.509 e. The van der Waals surface area contributed by atoms with Crippen LogP contribution in [0.1, 0.15) is 77.5 Å². The van der Waals surface area contributed by atoms with Gasteiger partial charge in [0.15, 0.2) is 0 Å². The van der Waals surface area contributed by atoms with Crippen LogP contribution in [-0.2, 0) is 31.9 Å². The molecule has 0 N–H and O–H groups in total. The van der Waals surface area contributed by atoms with E-state index in [-0.39, 0.29) is 78.3 Å². The van der Waals surface area contributed by atoms with Crippen molar-refractivity contribution in [2.45, 2.75) is 66.1 Å². The van der Waals surface area contributed by atoms with Crippen molar-refractivity contribution in [3.8, 4) is 28.4 Å². The van der Waals surface area contributed by atoms with Gasteiger partial charge in [-0.05, 0) is 81.0 Å². The SMILES string of the molecule is [2H]c1c([2H])c([2H])c2c(c1[2H])c1ccc(Oc3[c-]c([N+]4=C=[N+](c5ccccc5-c5c(C([2H])([2H])[2H])cccc5C([2H])([2H])[2H])c5ccccc54)cc(C(C)(C)C)c3)[c-]c1n2-c1cc(C(C)(C)C)ccn1.[Pt+2]. The molecular weight excluding hydrogens is 892 g/mol. The van der Waals surface area contributed by atoms with E-state index in [2.05, 4.69) is 59.7 Å². The Hall–Kier alpha value is -5.86. The standard InChI is InChI=1S/C52H46N4O.Pt/c1-34-16-15-17-35(2)50(34)43-19-10-11-20-44(43)55-33-54(46-22-13-14-23-47(46)55)38-28-37(52(6,7)8)29-40(31-38)57-39-24-25-42-41-18-9-12-21-45(41)56(48(42)32-39)49-30-36(26-27-53-49)51(3,4)5;/h9-30H,1-8H3;/q;+2/i1D3,2D3,9D,12D,18D,21D;. The van der Waals surface area contributed by atoms with Gasteiger partial charge in [-0.2, -0.15) is 6.07 Å². The molecule has 6 heteroatoms. The van der Waals surface area contributed by atoms with E-state index >= 15 is 0 Å². The number of hydrogen-bond donors (Lipinski definition) is 0. The van der Waals surface area contributed by atoms with Gasteiger partial charge in [-0.3, -0.25) is 0 Å². The number of para-hydroxylation sites is 4. The zero-order chi connectivity index (χ0) is 48.1. The van der Waals surface area contributed by atoms with Gasteiger partial charge in [0, 0.05) is 49.6 Å². The molecule has 0 radical (unpaired) electrons. The predicted molar refractivity (Wildman–Crippen MR) is 236 cm³/mol. The third kappa shape index (κ3) is 6.93. The van der Waals surface area contributed by atoms with E-state index in [1.54, 1.807) is 39.6 Å². The van der Waals surface area contributed by atoms with Gasteiger partial charge in [-0.25, -0.2) is 4.98 Å². The van der Waals surface area contributed by atoms with Crippen molar-refractivity contribution >= 4 is 50.6 Å². The van der Waals surface area contributed by atoms with E-state index in [1.807, 2.05) is 65.2 Å². The topological polar surface area (TPSA) is 33.1 Å². The summed E-state index contributed by atoms with van der Waals surface area (Å²) in [5.41, 5.74) is 4.94. The zero-order valence-electron chi connectivity index (χ0n) is 42.9. The van der Waals surface area contributed by atoms with Crippen LogP contribution in [0.15, 0.2) is 133 Å². The average Bonchev–Trinajstić information content (AvgIpc) is 3.83. The Morgan fingerprint density at radius 1 is 0.690 bits per heavy atom. The first-order chi connectivity index (χ1) is 31.4. The van der Waals surface area contributed by atoms with Crippen LogP contribution in [-0.4, -0.2) is 15.6 Å². The number of nitrogens with zero attached hydrogens (tertiary/aromatic N) is 4. The van der Waals surface area contributed by atoms with E-state index in [4.69, 9.17) is 23.4 Å². The van der Waals surface area contributed by atoms with Crippen LogP contribution >= 0.6 is 0 Å². The molecule has 288 valence electrons. The monoisotopic (exact) mass is 947 g/mol. The summed E-state index contributed by atoms with van der Waals surface area (Å²) in [6, 6.07) is 39.7. The Labute approximate surface area is 369 Å². The number of aromatic nitrogens is 2. The van der Waals surface area contributed by atoms with Crippen LogP contribution in [0.5, 0.6) is 11.5 Å². The number of rotatable bonds is 6. The summed E-state index contributed by atoms with van der Waals surface area (Å²) < 4.78 is 97.6. The Bertz CT molecular complexity index is 3390. The number of pyridine rings is 1. The van der Waals surface area contributed by atoms with Crippen molar-refractivity contribution in [2.75, 3.05) is 0 Å². The Kier molecular flexibility index (Phi) is 7.29. The van der Waals surface area contributed by atoms with Crippen molar-refractivity contribution in [3.05, 3.63) is 168 Å². The molecule has 0 saturated heterocycles. The minimum atomic E-state index is -2.61. The molecule has 1 aliphatic rings. The molecule has 5 nitrogen and oxygen atoms in total. The molecule has 0 unspecified atom stereocenters. The third-order valence-corrected chi connectivity index (χ3v) is 10.3. The van der Waals surface area contributed by atoms with Crippen molar-refractivity contribution in [2.24, 2.45) is 0 Å². The van der Waals surface area contributed by atoms with Crippen LogP contribution in [0.25, 0.3) is 38.8 Å². The van der Waals surface area contributed by atoms with Crippen molar-refractivity contribution < 1.29 is 39.5 Å². The predicted octanol–water partition coefficient (Wildman–Crippen LogP) is 13.3. The second kappa shape index (κ2) is 14.8. The zero-order valence-corrected chi connectivity index (χ0v) is 35.2. The molecular formula is C52H46N4OPt+2. The third-order valence-electron chi connectivity index (χ3n) is 10.3. The molecule has 1 aliphatic heterocycles. The molecule has 0 amide bonds. The number of ether oxygens (including phenoxy) is 1. The molecule has 0 fully saturated rings. The molecule has 0 atom stereocenters. The van der Waals surface area contributed by atoms with Crippen molar-refractivity contribution in [1.82, 2.24) is 18.7 Å². The molecule has 0 bridgehead atoms. The minimum absolute atomic E-state index is 0. The van der Waals surface area contributed by atoms with E-state index in [1.165, 1.54) is 18.2 Å². The van der Waals surface area contributed by atoms with Gasteiger partial charge in [-0.1, -0.05) is 124 Å². The summed E-state index contributed by atoms with van der Waals surface area (Å²) >= 11 is 0. The van der Waals surface area contributed by atoms with E-state index in [0.717, 1.165) is 16.8 Å². The van der Waals surface area contributed by atoms with Gasteiger partial charge in [-0.15, -0.1) is 29.1 Å². The van der Waals surface area contributed by atoms with Gasteiger partial charge in [0.25, 0.3) is 11.4 Å². The Morgan fingerprint density at radius 2 is 1.38 bits per heavy atom. The summed E-state index contributed by atoms with van der Waals surface area (Å²) in [4.78, 5) is 4.70.